The molecule has 0 aliphatic rings. The zero-order valence-corrected chi connectivity index (χ0v) is 12.9. The average molecular weight is 290 g/mol. The van der Waals surface area contributed by atoms with Crippen LogP contribution in [0.2, 0.25) is 0 Å². The minimum Gasteiger partial charge on any atom is -0.350 e. The number of hydrogen-bond acceptors (Lipinski definition) is 3. The molecule has 0 bridgehead atoms. The van der Waals surface area contributed by atoms with Crippen LogP contribution in [-0.2, 0) is 0 Å². The molecular weight excluding hydrogens is 268 g/mol. The molecule has 1 atom stereocenters. The van der Waals surface area contributed by atoms with Crippen molar-refractivity contribution in [2.24, 2.45) is 5.73 Å². The van der Waals surface area contributed by atoms with Gasteiger partial charge in [-0.2, -0.15) is 11.8 Å². The minimum absolute atomic E-state index is 0.0459. The number of nitrogens with two attached hydrogens (primary N) is 1. The topological polar surface area (TPSA) is 55.1 Å². The number of thioether (sulfide) groups is 1. The van der Waals surface area contributed by atoms with Crippen LogP contribution >= 0.6 is 11.8 Å². The zero-order valence-electron chi connectivity index (χ0n) is 12.1. The van der Waals surface area contributed by atoms with E-state index in [9.17, 15) is 4.79 Å². The number of rotatable bonds is 6. The van der Waals surface area contributed by atoms with Crippen molar-refractivity contribution in [1.29, 1.82) is 0 Å². The fourth-order valence-corrected chi connectivity index (χ4v) is 2.48. The Balaban J connectivity index is 2.58. The van der Waals surface area contributed by atoms with Gasteiger partial charge in [-0.05, 0) is 43.0 Å². The standard InChI is InChI=1S/C16H22N2OS/c1-3-20-11-9-13(2)18-16(19)15-8-4-6-14(12-15)7-5-10-17/h4,6,8,12-13H,3,9-11,17H2,1-2H3,(H,18,19). The highest BCUT2D eigenvalue weighted by atomic mass is 32.2. The predicted molar refractivity (Wildman–Crippen MR) is 86.9 cm³/mol. The van der Waals surface area contributed by atoms with E-state index < -0.39 is 0 Å². The van der Waals surface area contributed by atoms with E-state index in [1.165, 1.54) is 0 Å². The minimum atomic E-state index is -0.0459. The van der Waals surface area contributed by atoms with E-state index in [0.29, 0.717) is 12.1 Å². The van der Waals surface area contributed by atoms with Gasteiger partial charge in [-0.15, -0.1) is 0 Å². The van der Waals surface area contributed by atoms with Crippen molar-refractivity contribution in [3.05, 3.63) is 35.4 Å². The molecule has 1 rings (SSSR count). The van der Waals surface area contributed by atoms with Gasteiger partial charge in [0.2, 0.25) is 0 Å². The van der Waals surface area contributed by atoms with Crippen LogP contribution in [-0.4, -0.2) is 30.0 Å². The molecular formula is C16H22N2OS. The molecule has 0 saturated heterocycles. The Morgan fingerprint density at radius 1 is 1.50 bits per heavy atom. The van der Waals surface area contributed by atoms with Crippen molar-refractivity contribution in [3.63, 3.8) is 0 Å². The second kappa shape index (κ2) is 9.46. The highest BCUT2D eigenvalue weighted by Crippen LogP contribution is 2.07. The van der Waals surface area contributed by atoms with E-state index in [1.807, 2.05) is 30.8 Å². The van der Waals surface area contributed by atoms with Crippen molar-refractivity contribution in [2.75, 3.05) is 18.1 Å². The van der Waals surface area contributed by atoms with E-state index in [4.69, 9.17) is 5.73 Å². The van der Waals surface area contributed by atoms with Gasteiger partial charge in [0.05, 0.1) is 6.54 Å². The average Bonchev–Trinajstić information content (AvgIpc) is 2.45. The van der Waals surface area contributed by atoms with Gasteiger partial charge in [0.1, 0.15) is 0 Å². The maximum atomic E-state index is 12.1. The second-order valence-electron chi connectivity index (χ2n) is 4.45. The summed E-state index contributed by atoms with van der Waals surface area (Å²) in [4.78, 5) is 12.1. The van der Waals surface area contributed by atoms with Crippen LogP contribution in [0, 0.1) is 11.8 Å². The monoisotopic (exact) mass is 290 g/mol. The maximum Gasteiger partial charge on any atom is 0.251 e. The molecule has 1 aromatic carbocycles. The van der Waals surface area contributed by atoms with Crippen molar-refractivity contribution >= 4 is 17.7 Å². The Kier molecular flexibility index (Phi) is 7.86. The molecule has 0 fully saturated rings. The molecule has 0 heterocycles. The number of amides is 1. The van der Waals surface area contributed by atoms with Gasteiger partial charge in [-0.1, -0.05) is 24.8 Å². The molecule has 1 amide bonds. The summed E-state index contributed by atoms with van der Waals surface area (Å²) < 4.78 is 0. The molecule has 108 valence electrons. The first kappa shape index (κ1) is 16.6. The van der Waals surface area contributed by atoms with Crippen molar-refractivity contribution in [3.8, 4) is 11.8 Å². The molecule has 3 N–H and O–H groups in total. The highest BCUT2D eigenvalue weighted by Gasteiger charge is 2.09. The van der Waals surface area contributed by atoms with Gasteiger partial charge in [0.25, 0.3) is 5.91 Å². The largest absolute Gasteiger partial charge is 0.350 e. The lowest BCUT2D eigenvalue weighted by Crippen LogP contribution is -2.32. The molecule has 3 nitrogen and oxygen atoms in total. The van der Waals surface area contributed by atoms with Gasteiger partial charge in [-0.25, -0.2) is 0 Å². The molecule has 0 saturated carbocycles. The third kappa shape index (κ3) is 6.14. The molecule has 0 aliphatic carbocycles. The number of carbonyl (C=O) groups excluding carboxylic acids is 1. The summed E-state index contributed by atoms with van der Waals surface area (Å²) in [5.41, 5.74) is 6.80. The summed E-state index contributed by atoms with van der Waals surface area (Å²) in [7, 11) is 0. The Bertz CT molecular complexity index is 491. The van der Waals surface area contributed by atoms with Gasteiger partial charge in [0, 0.05) is 17.2 Å². The quantitative estimate of drug-likeness (QED) is 0.624. The van der Waals surface area contributed by atoms with Gasteiger partial charge in [-0.3, -0.25) is 4.79 Å². The van der Waals surface area contributed by atoms with E-state index in [1.54, 1.807) is 12.1 Å². The van der Waals surface area contributed by atoms with Crippen LogP contribution < -0.4 is 11.1 Å². The summed E-state index contributed by atoms with van der Waals surface area (Å²) in [6.45, 7) is 4.50. The molecule has 20 heavy (non-hydrogen) atoms. The van der Waals surface area contributed by atoms with Crippen molar-refractivity contribution < 1.29 is 4.79 Å². The molecule has 0 spiro atoms. The summed E-state index contributed by atoms with van der Waals surface area (Å²) in [6, 6.07) is 7.50. The van der Waals surface area contributed by atoms with Crippen molar-refractivity contribution in [1.82, 2.24) is 5.32 Å². The SMILES string of the molecule is CCSCCC(C)NC(=O)c1cccc(C#CCN)c1. The third-order valence-corrected chi connectivity index (χ3v) is 3.67. The summed E-state index contributed by atoms with van der Waals surface area (Å²) in [6.07, 6.45) is 0.983. The molecule has 1 aromatic rings. The Morgan fingerprint density at radius 2 is 2.30 bits per heavy atom. The molecule has 0 radical (unpaired) electrons. The number of nitrogens with one attached hydrogen (secondary N) is 1. The van der Waals surface area contributed by atoms with Gasteiger partial charge >= 0.3 is 0 Å². The maximum absolute atomic E-state index is 12.1. The van der Waals surface area contributed by atoms with E-state index >= 15 is 0 Å². The molecule has 4 heteroatoms. The fraction of sp³-hybridized carbons (Fsp3) is 0.438. The Hall–Kier alpha value is -1.44. The lowest BCUT2D eigenvalue weighted by atomic mass is 10.1. The predicted octanol–water partition coefficient (Wildman–Crippen LogP) is 2.26. The first-order chi connectivity index (χ1) is 9.67. The lowest BCUT2D eigenvalue weighted by molar-refractivity contribution is 0.0939. The van der Waals surface area contributed by atoms with Gasteiger partial charge < -0.3 is 11.1 Å². The van der Waals surface area contributed by atoms with Crippen LogP contribution in [0.5, 0.6) is 0 Å². The summed E-state index contributed by atoms with van der Waals surface area (Å²) >= 11 is 1.89. The summed E-state index contributed by atoms with van der Waals surface area (Å²) in [5, 5.41) is 3.01. The van der Waals surface area contributed by atoms with Crippen molar-refractivity contribution in [2.45, 2.75) is 26.3 Å². The first-order valence-corrected chi connectivity index (χ1v) is 8.00. The Labute approximate surface area is 125 Å². The Morgan fingerprint density at radius 3 is 3.00 bits per heavy atom. The number of carbonyl (C=O) groups is 1. The third-order valence-electron chi connectivity index (χ3n) is 2.74. The van der Waals surface area contributed by atoms with E-state index in [-0.39, 0.29) is 11.9 Å². The van der Waals surface area contributed by atoms with Crippen LogP contribution in [0.25, 0.3) is 0 Å². The van der Waals surface area contributed by atoms with Crippen LogP contribution in [0.1, 0.15) is 36.2 Å². The van der Waals surface area contributed by atoms with Crippen LogP contribution in [0.3, 0.4) is 0 Å². The number of benzene rings is 1. The van der Waals surface area contributed by atoms with Gasteiger partial charge in [0.15, 0.2) is 0 Å². The smallest absolute Gasteiger partial charge is 0.251 e. The second-order valence-corrected chi connectivity index (χ2v) is 5.84. The molecule has 1 unspecified atom stereocenters. The van der Waals surface area contributed by atoms with E-state index in [0.717, 1.165) is 23.5 Å². The first-order valence-electron chi connectivity index (χ1n) is 6.85. The lowest BCUT2D eigenvalue weighted by Gasteiger charge is -2.13. The fourth-order valence-electron chi connectivity index (χ4n) is 1.68. The highest BCUT2D eigenvalue weighted by molar-refractivity contribution is 7.99. The molecule has 0 aliphatic heterocycles. The number of hydrogen-bond donors (Lipinski definition) is 2. The molecule has 0 aromatic heterocycles. The summed E-state index contributed by atoms with van der Waals surface area (Å²) in [5.74, 6) is 7.86. The van der Waals surface area contributed by atoms with Crippen LogP contribution in [0.4, 0.5) is 0 Å². The van der Waals surface area contributed by atoms with E-state index in [2.05, 4.69) is 24.1 Å². The van der Waals surface area contributed by atoms with Crippen LogP contribution in [0.15, 0.2) is 24.3 Å². The zero-order chi connectivity index (χ0) is 14.8. The normalized spacial score (nSPS) is 11.3.